The number of hydrogen-bond acceptors (Lipinski definition) is 6. The normalized spacial score (nSPS) is 12.9. The minimum atomic E-state index is -0.215. The molecular weight excluding hydrogens is 310 g/mol. The lowest BCUT2D eigenvalue weighted by Crippen LogP contribution is -2.27. The minimum absolute atomic E-state index is 0.215. The first-order chi connectivity index (χ1) is 11.7. The largest absolute Gasteiger partial charge is 0.486 e. The monoisotopic (exact) mass is 331 g/mol. The van der Waals surface area contributed by atoms with Crippen molar-refractivity contribution in [2.75, 3.05) is 33.4 Å². The van der Waals surface area contributed by atoms with Gasteiger partial charge in [-0.3, -0.25) is 4.79 Å². The van der Waals surface area contributed by atoms with E-state index in [4.69, 9.17) is 9.47 Å². The highest BCUT2D eigenvalue weighted by Crippen LogP contribution is 2.32. The zero-order valence-electron chi connectivity index (χ0n) is 13.8. The summed E-state index contributed by atoms with van der Waals surface area (Å²) in [5.74, 6) is 1.17. The molecule has 3 rings (SSSR count). The highest BCUT2D eigenvalue weighted by atomic mass is 16.6. The van der Waals surface area contributed by atoms with Gasteiger partial charge in [-0.1, -0.05) is 5.21 Å². The van der Waals surface area contributed by atoms with Crippen LogP contribution in [0.1, 0.15) is 22.6 Å². The summed E-state index contributed by atoms with van der Waals surface area (Å²) in [6, 6.07) is 5.54. The standard InChI is InChI=1S/C16H21N5O3/c1-11-15(16(22)18-7-3-6-17-2)19-20-21(11)12-4-5-13-14(10-12)24-9-8-23-13/h4-5,10,17H,3,6-9H2,1-2H3,(H,18,22). The van der Waals surface area contributed by atoms with E-state index in [2.05, 4.69) is 20.9 Å². The molecule has 0 spiro atoms. The lowest BCUT2D eigenvalue weighted by Gasteiger charge is -2.18. The molecule has 8 nitrogen and oxygen atoms in total. The molecule has 0 atom stereocenters. The van der Waals surface area contributed by atoms with Gasteiger partial charge in [0.2, 0.25) is 0 Å². The predicted octanol–water partition coefficient (Wildman–Crippen LogP) is 0.686. The number of benzene rings is 1. The molecule has 0 aliphatic carbocycles. The molecule has 2 aromatic rings. The molecule has 0 saturated heterocycles. The van der Waals surface area contributed by atoms with E-state index in [9.17, 15) is 4.79 Å². The first-order valence-corrected chi connectivity index (χ1v) is 7.96. The fourth-order valence-corrected chi connectivity index (χ4v) is 2.50. The van der Waals surface area contributed by atoms with Gasteiger partial charge in [0.25, 0.3) is 5.91 Å². The van der Waals surface area contributed by atoms with Crippen molar-refractivity contribution in [2.24, 2.45) is 0 Å². The van der Waals surface area contributed by atoms with Crippen molar-refractivity contribution in [3.05, 3.63) is 29.6 Å². The first-order valence-electron chi connectivity index (χ1n) is 7.96. The van der Waals surface area contributed by atoms with E-state index in [1.54, 1.807) is 4.68 Å². The van der Waals surface area contributed by atoms with Crippen LogP contribution in [0.2, 0.25) is 0 Å². The maximum absolute atomic E-state index is 12.2. The maximum atomic E-state index is 12.2. The molecule has 0 unspecified atom stereocenters. The number of carbonyl (C=O) groups excluding carboxylic acids is 1. The van der Waals surface area contributed by atoms with Crippen LogP contribution in [0.25, 0.3) is 5.69 Å². The molecular formula is C16H21N5O3. The van der Waals surface area contributed by atoms with Crippen molar-refractivity contribution in [2.45, 2.75) is 13.3 Å². The molecule has 1 aromatic heterocycles. The summed E-state index contributed by atoms with van der Waals surface area (Å²) in [7, 11) is 1.88. The third-order valence-electron chi connectivity index (χ3n) is 3.77. The zero-order valence-corrected chi connectivity index (χ0v) is 13.8. The molecule has 2 N–H and O–H groups in total. The Balaban J connectivity index is 1.76. The molecule has 1 amide bonds. The summed E-state index contributed by atoms with van der Waals surface area (Å²) in [5.41, 5.74) is 1.78. The number of carbonyl (C=O) groups is 1. The van der Waals surface area contributed by atoms with Gasteiger partial charge in [0, 0.05) is 12.6 Å². The maximum Gasteiger partial charge on any atom is 0.273 e. The molecule has 1 aliphatic heterocycles. The quantitative estimate of drug-likeness (QED) is 0.757. The fourth-order valence-electron chi connectivity index (χ4n) is 2.50. The smallest absolute Gasteiger partial charge is 0.273 e. The second-order valence-corrected chi connectivity index (χ2v) is 5.48. The number of fused-ring (bicyclic) bond motifs is 1. The van der Waals surface area contributed by atoms with Gasteiger partial charge in [-0.25, -0.2) is 4.68 Å². The van der Waals surface area contributed by atoms with Crippen LogP contribution < -0.4 is 20.1 Å². The summed E-state index contributed by atoms with van der Waals surface area (Å²) in [5, 5.41) is 14.0. The summed E-state index contributed by atoms with van der Waals surface area (Å²) < 4.78 is 12.7. The van der Waals surface area contributed by atoms with E-state index in [0.717, 1.165) is 18.7 Å². The van der Waals surface area contributed by atoms with Crippen LogP contribution in [0.5, 0.6) is 11.5 Å². The predicted molar refractivity (Wildman–Crippen MR) is 88.0 cm³/mol. The Labute approximate surface area is 140 Å². The topological polar surface area (TPSA) is 90.3 Å². The third-order valence-corrected chi connectivity index (χ3v) is 3.77. The Morgan fingerprint density at radius 2 is 2.04 bits per heavy atom. The third kappa shape index (κ3) is 3.33. The number of nitrogens with one attached hydrogen (secondary N) is 2. The van der Waals surface area contributed by atoms with Crippen LogP contribution in [0, 0.1) is 6.92 Å². The van der Waals surface area contributed by atoms with Crippen LogP contribution >= 0.6 is 0 Å². The van der Waals surface area contributed by atoms with Gasteiger partial charge >= 0.3 is 0 Å². The van der Waals surface area contributed by atoms with E-state index < -0.39 is 0 Å². The summed E-state index contributed by atoms with van der Waals surface area (Å²) in [6.07, 6.45) is 0.859. The van der Waals surface area contributed by atoms with E-state index in [1.807, 2.05) is 32.2 Å². The van der Waals surface area contributed by atoms with Crippen molar-refractivity contribution >= 4 is 5.91 Å². The fraction of sp³-hybridized carbons (Fsp3) is 0.438. The van der Waals surface area contributed by atoms with Crippen LogP contribution in [-0.2, 0) is 0 Å². The lowest BCUT2D eigenvalue weighted by atomic mass is 10.2. The first kappa shape index (κ1) is 16.3. The molecule has 8 heteroatoms. The van der Waals surface area contributed by atoms with Crippen LogP contribution in [0.15, 0.2) is 18.2 Å². The van der Waals surface area contributed by atoms with E-state index in [0.29, 0.717) is 42.6 Å². The van der Waals surface area contributed by atoms with Gasteiger partial charge in [-0.05, 0) is 39.1 Å². The summed E-state index contributed by atoms with van der Waals surface area (Å²) in [6.45, 7) is 4.33. The van der Waals surface area contributed by atoms with Crippen molar-refractivity contribution in [3.63, 3.8) is 0 Å². The van der Waals surface area contributed by atoms with Crippen molar-refractivity contribution in [3.8, 4) is 17.2 Å². The molecule has 24 heavy (non-hydrogen) atoms. The Morgan fingerprint density at radius 3 is 2.83 bits per heavy atom. The Bertz CT molecular complexity index is 728. The molecule has 0 fully saturated rings. The van der Waals surface area contributed by atoms with Gasteiger partial charge in [0.1, 0.15) is 13.2 Å². The number of rotatable bonds is 6. The molecule has 1 aliphatic rings. The SMILES string of the molecule is CNCCCNC(=O)c1nnn(-c2ccc3c(c2)OCCO3)c1C. The van der Waals surface area contributed by atoms with E-state index in [-0.39, 0.29) is 5.91 Å². The van der Waals surface area contributed by atoms with Gasteiger partial charge in [0.15, 0.2) is 17.2 Å². The Hall–Kier alpha value is -2.61. The van der Waals surface area contributed by atoms with Gasteiger partial charge in [-0.15, -0.1) is 5.10 Å². The van der Waals surface area contributed by atoms with E-state index in [1.165, 1.54) is 0 Å². The number of nitrogens with zero attached hydrogens (tertiary/aromatic N) is 3. The molecule has 0 bridgehead atoms. The van der Waals surface area contributed by atoms with Gasteiger partial charge in [-0.2, -0.15) is 0 Å². The average molecular weight is 331 g/mol. The minimum Gasteiger partial charge on any atom is -0.486 e. The number of aromatic nitrogens is 3. The second kappa shape index (κ2) is 7.31. The van der Waals surface area contributed by atoms with Gasteiger partial charge in [0.05, 0.1) is 11.4 Å². The number of hydrogen-bond donors (Lipinski definition) is 2. The molecule has 1 aromatic carbocycles. The number of amides is 1. The Kier molecular flexibility index (Phi) is 4.95. The molecule has 0 radical (unpaired) electrons. The van der Waals surface area contributed by atoms with Crippen LogP contribution in [0.4, 0.5) is 0 Å². The molecule has 0 saturated carbocycles. The van der Waals surface area contributed by atoms with Crippen molar-refractivity contribution in [1.29, 1.82) is 0 Å². The van der Waals surface area contributed by atoms with Crippen molar-refractivity contribution in [1.82, 2.24) is 25.6 Å². The highest BCUT2D eigenvalue weighted by Gasteiger charge is 2.19. The van der Waals surface area contributed by atoms with E-state index >= 15 is 0 Å². The van der Waals surface area contributed by atoms with Crippen LogP contribution in [0.3, 0.4) is 0 Å². The van der Waals surface area contributed by atoms with Crippen molar-refractivity contribution < 1.29 is 14.3 Å². The second-order valence-electron chi connectivity index (χ2n) is 5.48. The molecule has 2 heterocycles. The molecule has 128 valence electrons. The average Bonchev–Trinajstić information content (AvgIpc) is 2.99. The lowest BCUT2D eigenvalue weighted by molar-refractivity contribution is 0.0947. The number of ether oxygens (including phenoxy) is 2. The zero-order chi connectivity index (χ0) is 16.9. The van der Waals surface area contributed by atoms with Gasteiger partial charge < -0.3 is 20.1 Å². The Morgan fingerprint density at radius 1 is 1.25 bits per heavy atom. The summed E-state index contributed by atoms with van der Waals surface area (Å²) >= 11 is 0. The summed E-state index contributed by atoms with van der Waals surface area (Å²) in [4.78, 5) is 12.2. The van der Waals surface area contributed by atoms with Crippen LogP contribution in [-0.4, -0.2) is 54.3 Å². The highest BCUT2D eigenvalue weighted by molar-refractivity contribution is 5.93.